The largest absolute Gasteiger partial charge is 0.355 e. The molecule has 2 aliphatic rings. The summed E-state index contributed by atoms with van der Waals surface area (Å²) in [5.74, 6) is 1.20. The van der Waals surface area contributed by atoms with Crippen LogP contribution in [-0.4, -0.2) is 74.2 Å². The number of nitrogens with zero attached hydrogens (tertiary/aromatic N) is 6. The molecule has 2 aromatic heterocycles. The summed E-state index contributed by atoms with van der Waals surface area (Å²) in [5, 5.41) is 7.19. The van der Waals surface area contributed by atoms with E-state index < -0.39 is 0 Å². The van der Waals surface area contributed by atoms with Gasteiger partial charge >= 0.3 is 0 Å². The zero-order valence-electron chi connectivity index (χ0n) is 17.9. The van der Waals surface area contributed by atoms with Crippen molar-refractivity contribution in [3.05, 3.63) is 42.2 Å². The second-order valence-electron chi connectivity index (χ2n) is 8.54. The van der Waals surface area contributed by atoms with E-state index in [2.05, 4.69) is 36.2 Å². The summed E-state index contributed by atoms with van der Waals surface area (Å²) in [4.78, 5) is 26.2. The average molecular weight is 412 g/mol. The minimum Gasteiger partial charge on any atom is -0.355 e. The molecule has 0 aliphatic carbocycles. The Bertz CT molecular complexity index is 801. The molecule has 2 fully saturated rings. The molecule has 1 unspecified atom stereocenters. The Morgan fingerprint density at radius 2 is 2.10 bits per heavy atom. The van der Waals surface area contributed by atoms with Gasteiger partial charge in [0.25, 0.3) is 0 Å². The quantitative estimate of drug-likeness (QED) is 0.739. The van der Waals surface area contributed by atoms with Crippen molar-refractivity contribution < 1.29 is 4.79 Å². The second kappa shape index (κ2) is 10.1. The van der Waals surface area contributed by atoms with Gasteiger partial charge in [0.1, 0.15) is 12.2 Å². The maximum atomic E-state index is 12.7. The number of rotatable bonds is 7. The minimum atomic E-state index is 0.103. The van der Waals surface area contributed by atoms with Gasteiger partial charge in [-0.3, -0.25) is 24.3 Å². The molecule has 0 bridgehead atoms. The van der Waals surface area contributed by atoms with E-state index in [4.69, 9.17) is 0 Å². The summed E-state index contributed by atoms with van der Waals surface area (Å²) in [7, 11) is 1.88. The maximum absolute atomic E-state index is 12.7. The van der Waals surface area contributed by atoms with Crippen molar-refractivity contribution in [2.24, 2.45) is 13.0 Å². The fourth-order valence-electron chi connectivity index (χ4n) is 4.73. The molecule has 2 aromatic rings. The van der Waals surface area contributed by atoms with Crippen LogP contribution in [0.2, 0.25) is 0 Å². The fourth-order valence-corrected chi connectivity index (χ4v) is 4.73. The number of amides is 1. The van der Waals surface area contributed by atoms with Gasteiger partial charge in [-0.1, -0.05) is 6.07 Å². The molecule has 0 radical (unpaired) electrons. The van der Waals surface area contributed by atoms with Gasteiger partial charge < -0.3 is 5.32 Å². The van der Waals surface area contributed by atoms with Gasteiger partial charge in [-0.15, -0.1) is 0 Å². The van der Waals surface area contributed by atoms with E-state index in [1.54, 1.807) is 11.0 Å². The highest BCUT2D eigenvalue weighted by atomic mass is 16.1. The van der Waals surface area contributed by atoms with Crippen LogP contribution in [0.15, 0.2) is 30.9 Å². The molecule has 4 rings (SSSR count). The van der Waals surface area contributed by atoms with E-state index in [1.807, 2.05) is 25.5 Å². The summed E-state index contributed by atoms with van der Waals surface area (Å²) in [6.07, 6.45) is 10.5. The zero-order valence-corrected chi connectivity index (χ0v) is 17.9. The number of hydrogen-bond acceptors (Lipinski definition) is 6. The third kappa shape index (κ3) is 5.43. The molecule has 0 spiro atoms. The second-order valence-corrected chi connectivity index (χ2v) is 8.54. The molecule has 1 atom stereocenters. The molecular weight excluding hydrogens is 378 g/mol. The highest BCUT2D eigenvalue weighted by Crippen LogP contribution is 2.24. The van der Waals surface area contributed by atoms with Gasteiger partial charge in [-0.25, -0.2) is 4.98 Å². The maximum Gasteiger partial charge on any atom is 0.224 e. The molecule has 162 valence electrons. The van der Waals surface area contributed by atoms with Crippen LogP contribution in [0, 0.1) is 5.92 Å². The molecule has 30 heavy (non-hydrogen) atoms. The number of carbonyl (C=O) groups is 1. The summed E-state index contributed by atoms with van der Waals surface area (Å²) in [6, 6.07) is 4.76. The van der Waals surface area contributed by atoms with E-state index in [1.165, 1.54) is 18.4 Å². The highest BCUT2D eigenvalue weighted by Gasteiger charge is 2.31. The standard InChI is InChI=1S/C22H33N7O/c1-27-21(25-17-26-27)6-10-24-22(30)19-5-3-11-29(16-19)20-7-12-28(13-8-20)15-18-4-2-9-23-14-18/h2,4,9,14,17,19-20H,3,5-8,10-13,15-16H2,1H3,(H,24,30). The van der Waals surface area contributed by atoms with Crippen molar-refractivity contribution in [1.29, 1.82) is 0 Å². The van der Waals surface area contributed by atoms with E-state index >= 15 is 0 Å². The average Bonchev–Trinajstić information content (AvgIpc) is 3.20. The number of hydrogen-bond donors (Lipinski definition) is 1. The Balaban J connectivity index is 1.20. The smallest absolute Gasteiger partial charge is 0.224 e. The summed E-state index contributed by atoms with van der Waals surface area (Å²) >= 11 is 0. The molecule has 8 heteroatoms. The number of aromatic nitrogens is 4. The number of likely N-dealkylation sites (tertiary alicyclic amines) is 2. The van der Waals surface area contributed by atoms with Crippen molar-refractivity contribution in [3.8, 4) is 0 Å². The number of nitrogens with one attached hydrogen (secondary N) is 1. The Kier molecular flexibility index (Phi) is 7.07. The lowest BCUT2D eigenvalue weighted by molar-refractivity contribution is -0.127. The Morgan fingerprint density at radius 1 is 1.23 bits per heavy atom. The number of pyridine rings is 1. The SMILES string of the molecule is Cn1ncnc1CCNC(=O)C1CCCN(C2CCN(Cc3cccnc3)CC2)C1. The monoisotopic (exact) mass is 411 g/mol. The van der Waals surface area contributed by atoms with Crippen molar-refractivity contribution in [2.75, 3.05) is 32.7 Å². The topological polar surface area (TPSA) is 79.2 Å². The molecule has 2 aliphatic heterocycles. The van der Waals surface area contributed by atoms with Gasteiger partial charge in [0.05, 0.1) is 5.92 Å². The van der Waals surface area contributed by atoms with E-state index in [0.29, 0.717) is 19.0 Å². The van der Waals surface area contributed by atoms with Crippen LogP contribution < -0.4 is 5.32 Å². The first-order valence-electron chi connectivity index (χ1n) is 11.1. The van der Waals surface area contributed by atoms with Crippen molar-refractivity contribution in [2.45, 2.75) is 44.7 Å². The number of piperidine rings is 2. The molecule has 1 amide bonds. The Morgan fingerprint density at radius 3 is 2.83 bits per heavy atom. The first kappa shape index (κ1) is 20.9. The van der Waals surface area contributed by atoms with Crippen LogP contribution >= 0.6 is 0 Å². The fraction of sp³-hybridized carbons (Fsp3) is 0.636. The number of aryl methyl sites for hydroxylation is 1. The normalized spacial score (nSPS) is 21.6. The molecule has 1 N–H and O–H groups in total. The summed E-state index contributed by atoms with van der Waals surface area (Å²) in [5.41, 5.74) is 1.28. The first-order valence-corrected chi connectivity index (χ1v) is 11.1. The van der Waals surface area contributed by atoms with Crippen LogP contribution in [0.5, 0.6) is 0 Å². The van der Waals surface area contributed by atoms with Crippen molar-refractivity contribution >= 4 is 5.91 Å². The van der Waals surface area contributed by atoms with Crippen LogP contribution in [0.4, 0.5) is 0 Å². The van der Waals surface area contributed by atoms with Gasteiger partial charge in [-0.2, -0.15) is 5.10 Å². The van der Waals surface area contributed by atoms with Crippen LogP contribution in [0.3, 0.4) is 0 Å². The lowest BCUT2D eigenvalue weighted by Crippen LogP contribution is -2.50. The van der Waals surface area contributed by atoms with E-state index in [-0.39, 0.29) is 11.8 Å². The first-order chi connectivity index (χ1) is 14.7. The van der Waals surface area contributed by atoms with Gasteiger partial charge in [0.15, 0.2) is 0 Å². The minimum absolute atomic E-state index is 0.103. The predicted octanol–water partition coefficient (Wildman–Crippen LogP) is 1.25. The van der Waals surface area contributed by atoms with Crippen molar-refractivity contribution in [3.63, 3.8) is 0 Å². The zero-order chi connectivity index (χ0) is 20.8. The molecular formula is C22H33N7O. The van der Waals surface area contributed by atoms with Crippen LogP contribution in [0.1, 0.15) is 37.1 Å². The van der Waals surface area contributed by atoms with Crippen LogP contribution in [-0.2, 0) is 24.8 Å². The molecule has 2 saturated heterocycles. The van der Waals surface area contributed by atoms with Gasteiger partial charge in [0.2, 0.25) is 5.91 Å². The third-order valence-electron chi connectivity index (χ3n) is 6.48. The van der Waals surface area contributed by atoms with E-state index in [9.17, 15) is 4.79 Å². The van der Waals surface area contributed by atoms with E-state index in [0.717, 1.165) is 51.4 Å². The molecule has 0 saturated carbocycles. The van der Waals surface area contributed by atoms with Gasteiger partial charge in [-0.05, 0) is 56.9 Å². The summed E-state index contributed by atoms with van der Waals surface area (Å²) in [6.45, 7) is 5.85. The molecule has 8 nitrogen and oxygen atoms in total. The van der Waals surface area contributed by atoms with Crippen molar-refractivity contribution in [1.82, 2.24) is 34.9 Å². The summed E-state index contributed by atoms with van der Waals surface area (Å²) < 4.78 is 1.76. The number of carbonyl (C=O) groups excluding carboxylic acids is 1. The molecule has 4 heterocycles. The lowest BCUT2D eigenvalue weighted by atomic mass is 9.93. The predicted molar refractivity (Wildman–Crippen MR) is 115 cm³/mol. The Labute approximate surface area is 178 Å². The van der Waals surface area contributed by atoms with Gasteiger partial charge in [0, 0.05) is 51.5 Å². The lowest BCUT2D eigenvalue weighted by Gasteiger charge is -2.42. The van der Waals surface area contributed by atoms with Crippen LogP contribution in [0.25, 0.3) is 0 Å². The Hall–Kier alpha value is -2.32. The third-order valence-corrected chi connectivity index (χ3v) is 6.48. The molecule has 0 aromatic carbocycles. The highest BCUT2D eigenvalue weighted by molar-refractivity contribution is 5.78.